The van der Waals surface area contributed by atoms with E-state index in [0.29, 0.717) is 11.8 Å². The van der Waals surface area contributed by atoms with Crippen molar-refractivity contribution in [3.8, 4) is 5.75 Å². The van der Waals surface area contributed by atoms with E-state index >= 15 is 0 Å². The van der Waals surface area contributed by atoms with Crippen molar-refractivity contribution in [1.82, 2.24) is 0 Å². The predicted octanol–water partition coefficient (Wildman–Crippen LogP) is 3.55. The van der Waals surface area contributed by atoms with Crippen LogP contribution >= 0.6 is 0 Å². The van der Waals surface area contributed by atoms with Crippen molar-refractivity contribution in [2.45, 2.75) is 45.1 Å². The van der Waals surface area contributed by atoms with E-state index in [0.717, 1.165) is 6.54 Å². The predicted molar refractivity (Wildman–Crippen MR) is 68.0 cm³/mol. The standard InChI is InChI=1S/C14H21NO/c1-2-6-12-7-3-4-10-15(12)13-8-5-9-14(16)11-13/h5,8-9,11-12,16H,2-4,6-7,10H2,1H3/t12-/m0/s1. The van der Waals surface area contributed by atoms with Gasteiger partial charge in [-0.2, -0.15) is 0 Å². The van der Waals surface area contributed by atoms with Crippen LogP contribution in [0.5, 0.6) is 5.75 Å². The molecule has 2 heteroatoms. The first-order valence-corrected chi connectivity index (χ1v) is 6.37. The summed E-state index contributed by atoms with van der Waals surface area (Å²) >= 11 is 0. The molecule has 1 heterocycles. The van der Waals surface area contributed by atoms with Gasteiger partial charge in [-0.3, -0.25) is 0 Å². The summed E-state index contributed by atoms with van der Waals surface area (Å²) in [6, 6.07) is 8.33. The van der Waals surface area contributed by atoms with Gasteiger partial charge >= 0.3 is 0 Å². The molecule has 1 aromatic rings. The third-order valence-corrected chi connectivity index (χ3v) is 3.41. The highest BCUT2D eigenvalue weighted by molar-refractivity contribution is 5.51. The number of benzene rings is 1. The molecule has 1 saturated heterocycles. The second-order valence-corrected chi connectivity index (χ2v) is 4.65. The lowest BCUT2D eigenvalue weighted by Gasteiger charge is -2.37. The molecule has 0 bridgehead atoms. The molecule has 0 aromatic heterocycles. The third kappa shape index (κ3) is 2.49. The van der Waals surface area contributed by atoms with Crippen LogP contribution in [0, 0.1) is 0 Å². The van der Waals surface area contributed by atoms with Gasteiger partial charge in [-0.25, -0.2) is 0 Å². The maximum Gasteiger partial charge on any atom is 0.117 e. The topological polar surface area (TPSA) is 23.5 Å². The largest absolute Gasteiger partial charge is 0.508 e. The second kappa shape index (κ2) is 5.24. The van der Waals surface area contributed by atoms with Crippen molar-refractivity contribution in [2.75, 3.05) is 11.4 Å². The van der Waals surface area contributed by atoms with Gasteiger partial charge in [0.25, 0.3) is 0 Å². The van der Waals surface area contributed by atoms with Crippen LogP contribution in [0.25, 0.3) is 0 Å². The van der Waals surface area contributed by atoms with Gasteiger partial charge in [0.1, 0.15) is 5.75 Å². The van der Waals surface area contributed by atoms with Crippen molar-refractivity contribution in [3.63, 3.8) is 0 Å². The smallest absolute Gasteiger partial charge is 0.117 e. The molecule has 1 aliphatic rings. The number of phenols is 1. The van der Waals surface area contributed by atoms with Crippen LogP contribution in [0.4, 0.5) is 5.69 Å². The minimum atomic E-state index is 0.373. The Labute approximate surface area is 97.9 Å². The quantitative estimate of drug-likeness (QED) is 0.840. The number of piperidine rings is 1. The highest BCUT2D eigenvalue weighted by Gasteiger charge is 2.21. The zero-order valence-corrected chi connectivity index (χ0v) is 10.0. The summed E-state index contributed by atoms with van der Waals surface area (Å²) in [5.74, 6) is 0.373. The summed E-state index contributed by atoms with van der Waals surface area (Å²) in [5.41, 5.74) is 1.18. The molecule has 0 aliphatic carbocycles. The molecule has 0 spiro atoms. The Kier molecular flexibility index (Phi) is 3.70. The number of anilines is 1. The van der Waals surface area contributed by atoms with E-state index in [2.05, 4.69) is 17.9 Å². The van der Waals surface area contributed by atoms with Crippen LogP contribution in [0.2, 0.25) is 0 Å². The highest BCUT2D eigenvalue weighted by atomic mass is 16.3. The third-order valence-electron chi connectivity index (χ3n) is 3.41. The fourth-order valence-corrected chi connectivity index (χ4v) is 2.65. The number of rotatable bonds is 3. The minimum Gasteiger partial charge on any atom is -0.508 e. The van der Waals surface area contributed by atoms with Gasteiger partial charge in [-0.1, -0.05) is 19.4 Å². The van der Waals surface area contributed by atoms with Crippen molar-refractivity contribution >= 4 is 5.69 Å². The number of aromatic hydroxyl groups is 1. The van der Waals surface area contributed by atoms with Gasteiger partial charge in [0.05, 0.1) is 0 Å². The monoisotopic (exact) mass is 219 g/mol. The number of hydrogen-bond donors (Lipinski definition) is 1. The Morgan fingerprint density at radius 1 is 1.38 bits per heavy atom. The summed E-state index contributed by atoms with van der Waals surface area (Å²) in [7, 11) is 0. The first-order valence-electron chi connectivity index (χ1n) is 6.37. The minimum absolute atomic E-state index is 0.373. The van der Waals surface area contributed by atoms with Gasteiger partial charge in [0, 0.05) is 24.3 Å². The lowest BCUT2D eigenvalue weighted by molar-refractivity contribution is 0.433. The molecule has 88 valence electrons. The van der Waals surface area contributed by atoms with E-state index in [1.165, 1.54) is 37.8 Å². The number of hydrogen-bond acceptors (Lipinski definition) is 2. The van der Waals surface area contributed by atoms with Crippen molar-refractivity contribution in [2.24, 2.45) is 0 Å². The fourth-order valence-electron chi connectivity index (χ4n) is 2.65. The first-order chi connectivity index (χ1) is 7.81. The van der Waals surface area contributed by atoms with E-state index in [1.54, 1.807) is 6.07 Å². The zero-order chi connectivity index (χ0) is 11.4. The average Bonchev–Trinajstić information content (AvgIpc) is 2.30. The Hall–Kier alpha value is -1.18. The molecule has 0 saturated carbocycles. The molecule has 2 rings (SSSR count). The number of nitrogens with zero attached hydrogens (tertiary/aromatic N) is 1. The summed E-state index contributed by atoms with van der Waals surface area (Å²) < 4.78 is 0. The number of phenolic OH excluding ortho intramolecular Hbond substituents is 1. The van der Waals surface area contributed by atoms with E-state index in [9.17, 15) is 5.11 Å². The van der Waals surface area contributed by atoms with E-state index < -0.39 is 0 Å². The van der Waals surface area contributed by atoms with Crippen molar-refractivity contribution in [1.29, 1.82) is 0 Å². The summed E-state index contributed by atoms with van der Waals surface area (Å²) in [6.45, 7) is 3.38. The van der Waals surface area contributed by atoms with Crippen LogP contribution in [0.15, 0.2) is 24.3 Å². The van der Waals surface area contributed by atoms with Gasteiger partial charge < -0.3 is 10.0 Å². The van der Waals surface area contributed by atoms with Crippen molar-refractivity contribution in [3.05, 3.63) is 24.3 Å². The average molecular weight is 219 g/mol. The van der Waals surface area contributed by atoms with E-state index in [4.69, 9.17) is 0 Å². The summed E-state index contributed by atoms with van der Waals surface area (Å²) in [4.78, 5) is 2.46. The molecule has 16 heavy (non-hydrogen) atoms. The van der Waals surface area contributed by atoms with Gasteiger partial charge in [0.15, 0.2) is 0 Å². The maximum absolute atomic E-state index is 9.53. The Morgan fingerprint density at radius 3 is 3.00 bits per heavy atom. The fraction of sp³-hybridized carbons (Fsp3) is 0.571. The Bertz CT molecular complexity index is 335. The molecule has 0 amide bonds. The molecular weight excluding hydrogens is 198 g/mol. The van der Waals surface area contributed by atoms with Crippen LogP contribution in [-0.4, -0.2) is 17.7 Å². The highest BCUT2D eigenvalue weighted by Crippen LogP contribution is 2.29. The van der Waals surface area contributed by atoms with Crippen LogP contribution in [0.1, 0.15) is 39.0 Å². The molecule has 1 fully saturated rings. The molecule has 1 aliphatic heterocycles. The van der Waals surface area contributed by atoms with Crippen LogP contribution in [-0.2, 0) is 0 Å². The Morgan fingerprint density at radius 2 is 2.25 bits per heavy atom. The van der Waals surface area contributed by atoms with Gasteiger partial charge in [-0.05, 0) is 37.8 Å². The van der Waals surface area contributed by atoms with Crippen LogP contribution < -0.4 is 4.90 Å². The lowest BCUT2D eigenvalue weighted by atomic mass is 9.97. The molecule has 0 radical (unpaired) electrons. The lowest BCUT2D eigenvalue weighted by Crippen LogP contribution is -2.39. The SMILES string of the molecule is CCC[C@H]1CCCCN1c1cccc(O)c1. The van der Waals surface area contributed by atoms with Crippen LogP contribution in [0.3, 0.4) is 0 Å². The molecular formula is C14H21NO. The first kappa shape index (κ1) is 11.3. The molecule has 0 unspecified atom stereocenters. The second-order valence-electron chi connectivity index (χ2n) is 4.65. The normalized spacial score (nSPS) is 21.1. The van der Waals surface area contributed by atoms with E-state index in [1.807, 2.05) is 12.1 Å². The maximum atomic E-state index is 9.53. The molecule has 1 aromatic carbocycles. The molecule has 2 nitrogen and oxygen atoms in total. The zero-order valence-electron chi connectivity index (χ0n) is 10.0. The summed E-state index contributed by atoms with van der Waals surface area (Å²) in [5, 5.41) is 9.53. The van der Waals surface area contributed by atoms with Gasteiger partial charge in [-0.15, -0.1) is 0 Å². The molecule has 1 N–H and O–H groups in total. The van der Waals surface area contributed by atoms with Crippen molar-refractivity contribution < 1.29 is 5.11 Å². The Balaban J connectivity index is 2.16. The van der Waals surface area contributed by atoms with E-state index in [-0.39, 0.29) is 0 Å². The molecule has 1 atom stereocenters. The summed E-state index contributed by atoms with van der Waals surface area (Å²) in [6.07, 6.45) is 6.41. The van der Waals surface area contributed by atoms with Gasteiger partial charge in [0.2, 0.25) is 0 Å².